The fourth-order valence-electron chi connectivity index (χ4n) is 1.81. The number of nitrogens with two attached hydrogens (primary N) is 1. The lowest BCUT2D eigenvalue weighted by Gasteiger charge is -2.32. The van der Waals surface area contributed by atoms with Crippen molar-refractivity contribution >= 4 is 46.7 Å². The van der Waals surface area contributed by atoms with Crippen LogP contribution < -0.4 is 10.2 Å². The predicted molar refractivity (Wildman–Crippen MR) is 76.9 cm³/mol. The summed E-state index contributed by atoms with van der Waals surface area (Å²) in [5.74, 6) is 0.670. The molecule has 1 rings (SSSR count). The van der Waals surface area contributed by atoms with Crippen LogP contribution in [0.3, 0.4) is 0 Å². The van der Waals surface area contributed by atoms with E-state index < -0.39 is 3.79 Å². The summed E-state index contributed by atoms with van der Waals surface area (Å²) in [4.78, 5) is 12.3. The Kier molecular flexibility index (Phi) is 5.00. The molecular weight excluding hydrogens is 297 g/mol. The van der Waals surface area contributed by atoms with Gasteiger partial charge < -0.3 is 5.73 Å². The summed E-state index contributed by atoms with van der Waals surface area (Å²) in [5.41, 5.74) is 5.67. The molecule has 0 saturated heterocycles. The molecule has 0 aliphatic carbocycles. The van der Waals surface area contributed by atoms with Gasteiger partial charge in [0.05, 0.1) is 19.6 Å². The van der Waals surface area contributed by atoms with E-state index in [9.17, 15) is 0 Å². The predicted octanol–water partition coefficient (Wildman–Crippen LogP) is 2.65. The number of nitrogen functional groups attached to an aromatic ring is 1. The van der Waals surface area contributed by atoms with Gasteiger partial charge in [0, 0.05) is 0 Å². The van der Waals surface area contributed by atoms with Crippen LogP contribution in [0.4, 0.5) is 11.9 Å². The Morgan fingerprint density at radius 1 is 1.00 bits per heavy atom. The second-order valence-corrected chi connectivity index (χ2v) is 6.19. The number of halogens is 3. The Bertz CT molecular complexity index is 406. The highest BCUT2D eigenvalue weighted by Crippen LogP contribution is 2.37. The van der Waals surface area contributed by atoms with E-state index in [1.165, 1.54) is 0 Å². The largest absolute Gasteiger partial charge is 0.368 e. The second-order valence-electron chi connectivity index (χ2n) is 3.91. The van der Waals surface area contributed by atoms with Crippen LogP contribution in [0.1, 0.15) is 26.6 Å². The summed E-state index contributed by atoms with van der Waals surface area (Å²) < 4.78 is -1.13. The Morgan fingerprint density at radius 2 is 1.50 bits per heavy atom. The van der Waals surface area contributed by atoms with Crippen molar-refractivity contribution in [1.82, 2.24) is 19.4 Å². The molecule has 2 N–H and O–H groups in total. The van der Waals surface area contributed by atoms with Gasteiger partial charge in [-0.05, 0) is 20.8 Å². The number of rotatable bonds is 4. The molecule has 0 bridgehead atoms. The maximum absolute atomic E-state index is 5.80. The molecule has 1 aromatic heterocycles. The Hall–Kier alpha value is -0.360. The second kappa shape index (κ2) is 5.74. The highest BCUT2D eigenvalue weighted by Gasteiger charge is 2.34. The first-order valence-corrected chi connectivity index (χ1v) is 6.87. The average Bonchev–Trinajstić information content (AvgIpc) is 2.30. The van der Waals surface area contributed by atoms with E-state index >= 15 is 0 Å². The first-order valence-electron chi connectivity index (χ1n) is 5.74. The number of hydrogen-bond acceptors (Lipinski definition) is 4. The van der Waals surface area contributed by atoms with Gasteiger partial charge in [0.15, 0.2) is 5.82 Å². The van der Waals surface area contributed by atoms with Gasteiger partial charge in [-0.25, -0.2) is 0 Å². The molecule has 0 fully saturated rings. The summed E-state index contributed by atoms with van der Waals surface area (Å²) in [6, 6.07) is 0. The molecular formula is C10H17Cl3N5+. The minimum Gasteiger partial charge on any atom is -0.368 e. The van der Waals surface area contributed by atoms with Crippen LogP contribution in [0.25, 0.3) is 0 Å². The van der Waals surface area contributed by atoms with E-state index in [4.69, 9.17) is 40.5 Å². The van der Waals surface area contributed by atoms with E-state index in [1.807, 2.05) is 0 Å². The minimum atomic E-state index is -1.70. The number of aromatic nitrogens is 3. The number of anilines is 1. The Labute approximate surface area is 122 Å². The van der Waals surface area contributed by atoms with Gasteiger partial charge in [-0.2, -0.15) is 9.97 Å². The van der Waals surface area contributed by atoms with Crippen LogP contribution >= 0.6 is 34.8 Å². The molecule has 18 heavy (non-hydrogen) atoms. The zero-order valence-corrected chi connectivity index (χ0v) is 12.9. The summed E-state index contributed by atoms with van der Waals surface area (Å²) in [7, 11) is 0. The third-order valence-electron chi connectivity index (χ3n) is 3.13. The van der Waals surface area contributed by atoms with E-state index in [1.54, 1.807) is 0 Å². The van der Waals surface area contributed by atoms with Crippen LogP contribution in [-0.4, -0.2) is 34.6 Å². The van der Waals surface area contributed by atoms with Crippen molar-refractivity contribution in [3.8, 4) is 0 Å². The normalized spacial score (nSPS) is 12.8. The van der Waals surface area contributed by atoms with E-state index in [0.717, 1.165) is 19.6 Å². The van der Waals surface area contributed by atoms with Crippen LogP contribution in [0, 0.1) is 0 Å². The lowest BCUT2D eigenvalue weighted by Crippen LogP contribution is -2.50. The molecule has 0 aromatic carbocycles. The van der Waals surface area contributed by atoms with Crippen molar-refractivity contribution < 1.29 is 0 Å². The van der Waals surface area contributed by atoms with Crippen molar-refractivity contribution in [3.63, 3.8) is 0 Å². The van der Waals surface area contributed by atoms with Crippen LogP contribution in [0.15, 0.2) is 0 Å². The fourth-order valence-corrected chi connectivity index (χ4v) is 2.07. The van der Waals surface area contributed by atoms with Crippen molar-refractivity contribution in [2.24, 2.45) is 0 Å². The number of alkyl halides is 3. The SMILES string of the molecule is CC[N+](CC)(CC)c1nc(N)nc(C(Cl)(Cl)Cl)n1. The molecule has 1 aromatic rings. The Morgan fingerprint density at radius 3 is 1.89 bits per heavy atom. The molecule has 0 aliphatic rings. The molecule has 0 saturated carbocycles. The van der Waals surface area contributed by atoms with Gasteiger partial charge in [0.1, 0.15) is 0 Å². The van der Waals surface area contributed by atoms with Gasteiger partial charge in [0.25, 0.3) is 0 Å². The number of quaternary nitrogens is 1. The van der Waals surface area contributed by atoms with E-state index in [0.29, 0.717) is 10.4 Å². The lowest BCUT2D eigenvalue weighted by atomic mass is 10.3. The quantitative estimate of drug-likeness (QED) is 0.685. The molecule has 0 unspecified atom stereocenters. The van der Waals surface area contributed by atoms with Gasteiger partial charge in [-0.3, -0.25) is 4.48 Å². The van der Waals surface area contributed by atoms with Crippen LogP contribution in [0.2, 0.25) is 0 Å². The highest BCUT2D eigenvalue weighted by atomic mass is 35.6. The summed E-state index contributed by atoms with van der Waals surface area (Å²) in [5, 5.41) is 0. The van der Waals surface area contributed by atoms with Gasteiger partial charge in [-0.15, -0.1) is 4.98 Å². The summed E-state index contributed by atoms with van der Waals surface area (Å²) in [6.07, 6.45) is 0. The molecule has 0 radical (unpaired) electrons. The molecule has 0 amide bonds. The van der Waals surface area contributed by atoms with Gasteiger partial charge >= 0.3 is 5.95 Å². The van der Waals surface area contributed by atoms with Crippen molar-refractivity contribution in [1.29, 1.82) is 0 Å². The third-order valence-corrected chi connectivity index (χ3v) is 3.64. The molecule has 5 nitrogen and oxygen atoms in total. The molecule has 0 aliphatic heterocycles. The van der Waals surface area contributed by atoms with Gasteiger partial charge in [-0.1, -0.05) is 34.8 Å². The zero-order valence-electron chi connectivity index (χ0n) is 10.6. The molecule has 0 atom stereocenters. The number of nitrogens with zero attached hydrogens (tertiary/aromatic N) is 4. The van der Waals surface area contributed by atoms with Crippen molar-refractivity contribution in [3.05, 3.63) is 5.82 Å². The average molecular weight is 314 g/mol. The molecule has 8 heteroatoms. The maximum Gasteiger partial charge on any atom is 0.334 e. The van der Waals surface area contributed by atoms with E-state index in [-0.39, 0.29) is 11.8 Å². The maximum atomic E-state index is 5.80. The third kappa shape index (κ3) is 3.15. The standard InChI is InChI=1S/C10H17Cl3N5/c1-4-18(5-2,6-3)9-16-7(10(11,12)13)15-8(14)17-9/h4-6H2,1-3H3,(H2,14,15,16,17)/q+1. The van der Waals surface area contributed by atoms with Crippen LogP contribution in [0.5, 0.6) is 0 Å². The van der Waals surface area contributed by atoms with Crippen molar-refractivity contribution in [2.45, 2.75) is 24.6 Å². The lowest BCUT2D eigenvalue weighted by molar-refractivity contribution is 0.298. The zero-order chi connectivity index (χ0) is 14.0. The van der Waals surface area contributed by atoms with Gasteiger partial charge in [0.2, 0.25) is 9.74 Å². The smallest absolute Gasteiger partial charge is 0.334 e. The number of hydrogen-bond donors (Lipinski definition) is 1. The molecule has 1 heterocycles. The highest BCUT2D eigenvalue weighted by molar-refractivity contribution is 6.66. The first-order chi connectivity index (χ1) is 8.29. The van der Waals surface area contributed by atoms with Crippen LogP contribution in [-0.2, 0) is 3.79 Å². The minimum absolute atomic E-state index is 0.0628. The fraction of sp³-hybridized carbons (Fsp3) is 0.700. The summed E-state index contributed by atoms with van der Waals surface area (Å²) >= 11 is 17.4. The monoisotopic (exact) mass is 312 g/mol. The molecule has 0 spiro atoms. The van der Waals surface area contributed by atoms with E-state index in [2.05, 4.69) is 35.7 Å². The summed E-state index contributed by atoms with van der Waals surface area (Å²) in [6.45, 7) is 8.66. The molecule has 102 valence electrons. The first kappa shape index (κ1) is 15.7. The Balaban J connectivity index is 3.37. The van der Waals surface area contributed by atoms with Crippen molar-refractivity contribution in [2.75, 3.05) is 25.4 Å². The topological polar surface area (TPSA) is 64.7 Å².